The van der Waals surface area contributed by atoms with Crippen molar-refractivity contribution in [3.63, 3.8) is 0 Å². The fraction of sp³-hybridized carbons (Fsp3) is 0.300. The van der Waals surface area contributed by atoms with Crippen molar-refractivity contribution in [3.8, 4) is 0 Å². The van der Waals surface area contributed by atoms with E-state index in [-0.39, 0.29) is 0 Å². The molecule has 0 heterocycles. The SMILES string of the molecule is Nc1ccc2c(ccc3ccc(N)c(C(O)(C(F)(F)F)C(F)(F)F)c32)c1C(O)(C(F)(F)F)C(F)(F)F. The first kappa shape index (κ1) is 27.4. The Hall–Kier alpha value is -3.14. The summed E-state index contributed by atoms with van der Waals surface area (Å²) < 4.78 is 163. The Morgan fingerprint density at radius 3 is 1.25 bits per heavy atom. The van der Waals surface area contributed by atoms with Gasteiger partial charge in [0.15, 0.2) is 0 Å². The third-order valence-electron chi connectivity index (χ3n) is 5.61. The molecule has 0 saturated heterocycles. The number of benzene rings is 3. The summed E-state index contributed by atoms with van der Waals surface area (Å²) in [4.78, 5) is 0. The monoisotopic (exact) mass is 540 g/mol. The minimum atomic E-state index is -6.49. The Labute approximate surface area is 191 Å². The zero-order valence-electron chi connectivity index (χ0n) is 17.0. The summed E-state index contributed by atoms with van der Waals surface area (Å²) in [5, 5.41) is 15.7. The smallest absolute Gasteiger partial charge is 0.398 e. The van der Waals surface area contributed by atoms with Crippen LogP contribution in [0.3, 0.4) is 0 Å². The summed E-state index contributed by atoms with van der Waals surface area (Å²) in [7, 11) is 0. The standard InChI is InChI=1S/C20H12F12N2O2/c21-17(22,23)15(35,18(24,25)26)13-9-3-1-7-2-5-11(34)14(12(7)8(9)4-6-10(13)33)16(36,19(27,28)29)20(30,31)32/h1-6,35-36H,33-34H2. The zero-order chi connectivity index (χ0) is 27.9. The number of hydrogen-bond acceptors (Lipinski definition) is 4. The second kappa shape index (κ2) is 7.68. The minimum Gasteiger partial charge on any atom is -0.398 e. The molecule has 0 aliphatic heterocycles. The maximum absolute atomic E-state index is 13.7. The first-order valence-electron chi connectivity index (χ1n) is 9.27. The highest BCUT2D eigenvalue weighted by Crippen LogP contribution is 2.56. The minimum absolute atomic E-state index is 0.326. The van der Waals surface area contributed by atoms with Crippen molar-refractivity contribution in [1.29, 1.82) is 0 Å². The van der Waals surface area contributed by atoms with E-state index in [0.29, 0.717) is 30.3 Å². The van der Waals surface area contributed by atoms with Crippen LogP contribution in [-0.2, 0) is 11.2 Å². The van der Waals surface area contributed by atoms with E-state index in [2.05, 4.69) is 0 Å². The Morgan fingerprint density at radius 2 is 0.806 bits per heavy atom. The summed E-state index contributed by atoms with van der Waals surface area (Å²) in [5.74, 6) is 0. The van der Waals surface area contributed by atoms with Crippen molar-refractivity contribution < 1.29 is 62.9 Å². The Kier molecular flexibility index (Phi) is 5.85. The molecule has 36 heavy (non-hydrogen) atoms. The number of nitrogens with two attached hydrogens (primary N) is 2. The molecule has 0 atom stereocenters. The van der Waals surface area contributed by atoms with Gasteiger partial charge in [0.1, 0.15) is 0 Å². The predicted molar refractivity (Wildman–Crippen MR) is 102 cm³/mol. The Bertz CT molecular complexity index is 1310. The van der Waals surface area contributed by atoms with E-state index in [9.17, 15) is 62.9 Å². The van der Waals surface area contributed by atoms with Crippen molar-refractivity contribution in [2.24, 2.45) is 0 Å². The van der Waals surface area contributed by atoms with Gasteiger partial charge in [0.25, 0.3) is 11.2 Å². The van der Waals surface area contributed by atoms with Crippen molar-refractivity contribution in [1.82, 2.24) is 0 Å². The van der Waals surface area contributed by atoms with Crippen LogP contribution >= 0.6 is 0 Å². The molecule has 3 rings (SSSR count). The summed E-state index contributed by atoms with van der Waals surface area (Å²) in [5.41, 5.74) is -7.52. The highest BCUT2D eigenvalue weighted by molar-refractivity contribution is 6.13. The molecule has 0 saturated carbocycles. The van der Waals surface area contributed by atoms with Crippen LogP contribution in [0.25, 0.3) is 21.5 Å². The summed E-state index contributed by atoms with van der Waals surface area (Å²) in [6.45, 7) is 0. The number of fused-ring (bicyclic) bond motifs is 3. The van der Waals surface area contributed by atoms with E-state index in [1.54, 1.807) is 0 Å². The van der Waals surface area contributed by atoms with Gasteiger partial charge in [0.2, 0.25) is 0 Å². The quantitative estimate of drug-likeness (QED) is 0.188. The zero-order valence-corrected chi connectivity index (χ0v) is 17.0. The van der Waals surface area contributed by atoms with Crippen LogP contribution in [0.15, 0.2) is 36.4 Å². The van der Waals surface area contributed by atoms with E-state index >= 15 is 0 Å². The molecular formula is C20H12F12N2O2. The number of hydrogen-bond donors (Lipinski definition) is 4. The second-order valence-electron chi connectivity index (χ2n) is 7.73. The number of halogens is 12. The van der Waals surface area contributed by atoms with Gasteiger partial charge in [-0.1, -0.05) is 24.3 Å². The fourth-order valence-electron chi connectivity index (χ4n) is 3.95. The van der Waals surface area contributed by atoms with Crippen molar-refractivity contribution in [3.05, 3.63) is 47.5 Å². The van der Waals surface area contributed by atoms with Crippen LogP contribution in [0.4, 0.5) is 64.1 Å². The van der Waals surface area contributed by atoms with Crippen LogP contribution in [-0.4, -0.2) is 34.9 Å². The molecule has 0 fully saturated rings. The van der Waals surface area contributed by atoms with Gasteiger partial charge in [-0.2, -0.15) is 52.7 Å². The van der Waals surface area contributed by atoms with E-state index < -0.39 is 80.0 Å². The summed E-state index contributed by atoms with van der Waals surface area (Å²) >= 11 is 0. The summed E-state index contributed by atoms with van der Waals surface area (Å²) in [6.07, 6.45) is -26.0. The highest BCUT2D eigenvalue weighted by Gasteiger charge is 2.73. The fourth-order valence-corrected chi connectivity index (χ4v) is 3.95. The van der Waals surface area contributed by atoms with Gasteiger partial charge in [-0.3, -0.25) is 0 Å². The van der Waals surface area contributed by atoms with Gasteiger partial charge < -0.3 is 21.7 Å². The van der Waals surface area contributed by atoms with E-state index in [1.165, 1.54) is 0 Å². The lowest BCUT2D eigenvalue weighted by molar-refractivity contribution is -0.376. The number of alkyl halides is 12. The van der Waals surface area contributed by atoms with Crippen LogP contribution < -0.4 is 11.5 Å². The van der Waals surface area contributed by atoms with Gasteiger partial charge in [-0.05, 0) is 33.7 Å². The van der Waals surface area contributed by atoms with Crippen molar-refractivity contribution in [2.75, 3.05) is 11.5 Å². The number of anilines is 2. The number of nitrogen functional groups attached to an aromatic ring is 2. The molecule has 4 nitrogen and oxygen atoms in total. The molecular weight excluding hydrogens is 528 g/mol. The molecule has 3 aromatic carbocycles. The molecule has 0 aromatic heterocycles. The number of rotatable bonds is 2. The van der Waals surface area contributed by atoms with Gasteiger partial charge in [0.05, 0.1) is 0 Å². The lowest BCUT2D eigenvalue weighted by Crippen LogP contribution is -2.54. The van der Waals surface area contributed by atoms with Gasteiger partial charge in [0, 0.05) is 22.5 Å². The first-order chi connectivity index (χ1) is 16.0. The maximum atomic E-state index is 13.7. The molecule has 3 aromatic rings. The lowest BCUT2D eigenvalue weighted by atomic mass is 9.81. The van der Waals surface area contributed by atoms with Crippen LogP contribution in [0.1, 0.15) is 11.1 Å². The average Bonchev–Trinajstić information content (AvgIpc) is 2.69. The van der Waals surface area contributed by atoms with Crippen LogP contribution in [0, 0.1) is 0 Å². The third kappa shape index (κ3) is 3.56. The predicted octanol–water partition coefficient (Wildman–Crippen LogP) is 5.78. The molecule has 0 aliphatic carbocycles. The van der Waals surface area contributed by atoms with Crippen molar-refractivity contribution >= 4 is 32.9 Å². The second-order valence-corrected chi connectivity index (χ2v) is 7.73. The molecule has 6 N–H and O–H groups in total. The van der Waals surface area contributed by atoms with E-state index in [0.717, 1.165) is 6.07 Å². The molecule has 0 unspecified atom stereocenters. The van der Waals surface area contributed by atoms with Crippen LogP contribution in [0.2, 0.25) is 0 Å². The lowest BCUT2D eigenvalue weighted by Gasteiger charge is -2.36. The maximum Gasteiger partial charge on any atom is 0.430 e. The van der Waals surface area contributed by atoms with E-state index in [4.69, 9.17) is 11.5 Å². The number of aliphatic hydroxyl groups is 2. The largest absolute Gasteiger partial charge is 0.430 e. The van der Waals surface area contributed by atoms with Gasteiger partial charge in [-0.15, -0.1) is 0 Å². The van der Waals surface area contributed by atoms with Crippen molar-refractivity contribution in [2.45, 2.75) is 35.9 Å². The molecule has 0 spiro atoms. The Balaban J connectivity index is 2.68. The molecule has 0 bridgehead atoms. The molecule has 0 amide bonds. The normalized spacial score (nSPS) is 14.6. The van der Waals surface area contributed by atoms with E-state index in [1.807, 2.05) is 0 Å². The molecule has 16 heteroatoms. The molecule has 0 aliphatic rings. The topological polar surface area (TPSA) is 92.5 Å². The summed E-state index contributed by atoms with van der Waals surface area (Å²) in [6, 6.07) is 3.31. The van der Waals surface area contributed by atoms with Gasteiger partial charge in [-0.25, -0.2) is 0 Å². The van der Waals surface area contributed by atoms with Crippen LogP contribution in [0.5, 0.6) is 0 Å². The highest BCUT2D eigenvalue weighted by atomic mass is 19.4. The molecule has 0 radical (unpaired) electrons. The third-order valence-corrected chi connectivity index (χ3v) is 5.61. The van der Waals surface area contributed by atoms with Gasteiger partial charge >= 0.3 is 24.7 Å². The first-order valence-corrected chi connectivity index (χ1v) is 9.27. The average molecular weight is 540 g/mol. The molecule has 198 valence electrons. The Morgan fingerprint density at radius 1 is 0.472 bits per heavy atom.